The van der Waals surface area contributed by atoms with Crippen molar-refractivity contribution in [2.75, 3.05) is 26.2 Å². The van der Waals surface area contributed by atoms with Crippen LogP contribution in [0.5, 0.6) is 0 Å². The molecule has 0 aliphatic carbocycles. The van der Waals surface area contributed by atoms with Gasteiger partial charge in [0, 0.05) is 38.6 Å². The van der Waals surface area contributed by atoms with Crippen LogP contribution in [0.25, 0.3) is 0 Å². The van der Waals surface area contributed by atoms with Gasteiger partial charge in [0.25, 0.3) is 5.91 Å². The number of nitrogens with zero attached hydrogens (tertiary/aromatic N) is 3. The van der Waals surface area contributed by atoms with Crippen molar-refractivity contribution in [1.29, 1.82) is 0 Å². The van der Waals surface area contributed by atoms with Gasteiger partial charge in [-0.25, -0.2) is 4.98 Å². The number of hydrogen-bond acceptors (Lipinski definition) is 4. The number of carbonyl (C=O) groups is 1. The lowest BCUT2D eigenvalue weighted by molar-refractivity contribution is 0.0931. The van der Waals surface area contributed by atoms with E-state index in [0.717, 1.165) is 31.5 Å². The van der Waals surface area contributed by atoms with Crippen molar-refractivity contribution in [3.63, 3.8) is 0 Å². The first-order valence-corrected chi connectivity index (χ1v) is 6.91. The van der Waals surface area contributed by atoms with Gasteiger partial charge in [-0.3, -0.25) is 9.78 Å². The van der Waals surface area contributed by atoms with Gasteiger partial charge in [-0.15, -0.1) is 0 Å². The van der Waals surface area contributed by atoms with E-state index in [1.165, 1.54) is 18.8 Å². The van der Waals surface area contributed by atoms with E-state index in [9.17, 15) is 4.79 Å². The Morgan fingerprint density at radius 3 is 2.74 bits per heavy atom. The zero-order chi connectivity index (χ0) is 13.7. The first-order chi connectivity index (χ1) is 9.15. The zero-order valence-electron chi connectivity index (χ0n) is 11.7. The molecule has 104 valence electrons. The van der Waals surface area contributed by atoms with Gasteiger partial charge >= 0.3 is 0 Å². The summed E-state index contributed by atoms with van der Waals surface area (Å²) >= 11 is 0. The second-order valence-corrected chi connectivity index (χ2v) is 5.55. The molecule has 0 unspecified atom stereocenters. The highest BCUT2D eigenvalue weighted by atomic mass is 16.1. The lowest BCUT2D eigenvalue weighted by atomic mass is 9.92. The summed E-state index contributed by atoms with van der Waals surface area (Å²) in [4.78, 5) is 22.1. The smallest absolute Gasteiger partial charge is 0.271 e. The van der Waals surface area contributed by atoms with Gasteiger partial charge < -0.3 is 10.2 Å². The maximum Gasteiger partial charge on any atom is 0.271 e. The summed E-state index contributed by atoms with van der Waals surface area (Å²) in [7, 11) is 0. The number of carbonyl (C=O) groups excluding carboxylic acids is 1. The highest BCUT2D eigenvalue weighted by molar-refractivity contribution is 5.91. The Labute approximate surface area is 114 Å². The van der Waals surface area contributed by atoms with Crippen molar-refractivity contribution in [1.82, 2.24) is 20.2 Å². The molecule has 1 aliphatic heterocycles. The van der Waals surface area contributed by atoms with Crippen LogP contribution >= 0.6 is 0 Å². The molecular formula is C14H22N4O. The molecule has 19 heavy (non-hydrogen) atoms. The average molecular weight is 262 g/mol. The van der Waals surface area contributed by atoms with Crippen molar-refractivity contribution in [3.05, 3.63) is 24.3 Å². The Balaban J connectivity index is 1.73. The molecule has 0 saturated carbocycles. The standard InChI is InChI=1S/C14H22N4O/c1-11-7-12(2)10-18(9-11)6-5-17-14(19)13-8-15-3-4-16-13/h3-4,8,11-12H,5-7,9-10H2,1-2H3,(H,17,19)/t11-,12+. The number of nitrogens with one attached hydrogen (secondary N) is 1. The number of rotatable bonds is 4. The summed E-state index contributed by atoms with van der Waals surface area (Å²) in [5.74, 6) is 1.35. The highest BCUT2D eigenvalue weighted by Gasteiger charge is 2.21. The summed E-state index contributed by atoms with van der Waals surface area (Å²) in [6, 6.07) is 0. The minimum atomic E-state index is -0.147. The number of aromatic nitrogens is 2. The normalized spacial score (nSPS) is 24.1. The summed E-state index contributed by atoms with van der Waals surface area (Å²) in [6.07, 6.45) is 5.89. The monoisotopic (exact) mass is 262 g/mol. The van der Waals surface area contributed by atoms with Crippen molar-refractivity contribution < 1.29 is 4.79 Å². The summed E-state index contributed by atoms with van der Waals surface area (Å²) in [5.41, 5.74) is 0.378. The summed E-state index contributed by atoms with van der Waals surface area (Å²) < 4.78 is 0. The van der Waals surface area contributed by atoms with Crippen LogP contribution in [0.15, 0.2) is 18.6 Å². The Morgan fingerprint density at radius 1 is 1.37 bits per heavy atom. The second-order valence-electron chi connectivity index (χ2n) is 5.55. The third kappa shape index (κ3) is 4.28. The number of likely N-dealkylation sites (tertiary alicyclic amines) is 1. The van der Waals surface area contributed by atoms with Crippen LogP contribution in [-0.2, 0) is 0 Å². The van der Waals surface area contributed by atoms with Gasteiger partial charge in [0.15, 0.2) is 0 Å². The first kappa shape index (κ1) is 13.9. The lowest BCUT2D eigenvalue weighted by Crippen LogP contribution is -2.43. The van der Waals surface area contributed by atoms with E-state index in [2.05, 4.69) is 34.0 Å². The van der Waals surface area contributed by atoms with E-state index in [0.29, 0.717) is 12.2 Å². The topological polar surface area (TPSA) is 58.1 Å². The predicted molar refractivity (Wildman–Crippen MR) is 73.8 cm³/mol. The molecule has 1 aliphatic rings. The largest absolute Gasteiger partial charge is 0.349 e. The van der Waals surface area contributed by atoms with Crippen molar-refractivity contribution in [2.45, 2.75) is 20.3 Å². The molecule has 1 amide bonds. The Kier molecular flexibility index (Phi) is 4.85. The molecule has 1 N–H and O–H groups in total. The highest BCUT2D eigenvalue weighted by Crippen LogP contribution is 2.20. The molecule has 1 aromatic rings. The van der Waals surface area contributed by atoms with Gasteiger partial charge in [0.05, 0.1) is 6.20 Å². The second kappa shape index (κ2) is 6.61. The first-order valence-electron chi connectivity index (χ1n) is 6.91. The minimum absolute atomic E-state index is 0.147. The van der Waals surface area contributed by atoms with Crippen LogP contribution in [0, 0.1) is 11.8 Å². The van der Waals surface area contributed by atoms with E-state index in [-0.39, 0.29) is 5.91 Å². The fourth-order valence-corrected chi connectivity index (χ4v) is 2.81. The van der Waals surface area contributed by atoms with E-state index in [4.69, 9.17) is 0 Å². The van der Waals surface area contributed by atoms with Gasteiger partial charge in [-0.1, -0.05) is 13.8 Å². The Bertz CT molecular complexity index is 399. The van der Waals surface area contributed by atoms with Crippen LogP contribution < -0.4 is 5.32 Å². The molecule has 2 heterocycles. The average Bonchev–Trinajstić information content (AvgIpc) is 2.38. The minimum Gasteiger partial charge on any atom is -0.349 e. The molecule has 2 atom stereocenters. The molecule has 5 nitrogen and oxygen atoms in total. The lowest BCUT2D eigenvalue weighted by Gasteiger charge is -2.34. The number of piperidine rings is 1. The van der Waals surface area contributed by atoms with E-state index >= 15 is 0 Å². The fraction of sp³-hybridized carbons (Fsp3) is 0.643. The third-order valence-electron chi connectivity index (χ3n) is 3.45. The molecule has 1 fully saturated rings. The molecule has 0 bridgehead atoms. The SMILES string of the molecule is C[C@@H]1C[C@H](C)CN(CCNC(=O)c2cnccn2)C1. The molecule has 0 spiro atoms. The third-order valence-corrected chi connectivity index (χ3v) is 3.45. The quantitative estimate of drug-likeness (QED) is 0.885. The van der Waals surface area contributed by atoms with E-state index in [1.807, 2.05) is 0 Å². The molecule has 1 saturated heterocycles. The van der Waals surface area contributed by atoms with E-state index in [1.54, 1.807) is 6.20 Å². The predicted octanol–water partition coefficient (Wildman–Crippen LogP) is 1.18. The molecule has 0 aromatic carbocycles. The van der Waals surface area contributed by atoms with Crippen molar-refractivity contribution in [3.8, 4) is 0 Å². The Morgan fingerprint density at radius 2 is 2.11 bits per heavy atom. The number of amides is 1. The van der Waals surface area contributed by atoms with Gasteiger partial charge in [-0.2, -0.15) is 0 Å². The van der Waals surface area contributed by atoms with Gasteiger partial charge in [0.2, 0.25) is 0 Å². The summed E-state index contributed by atoms with van der Waals surface area (Å²) in [5, 5.41) is 2.89. The van der Waals surface area contributed by atoms with Crippen LogP contribution in [0.1, 0.15) is 30.8 Å². The van der Waals surface area contributed by atoms with Crippen LogP contribution in [0.3, 0.4) is 0 Å². The van der Waals surface area contributed by atoms with Crippen LogP contribution in [0.2, 0.25) is 0 Å². The fourth-order valence-electron chi connectivity index (χ4n) is 2.81. The molecular weight excluding hydrogens is 240 g/mol. The van der Waals surface area contributed by atoms with Crippen LogP contribution in [-0.4, -0.2) is 47.0 Å². The molecule has 1 aromatic heterocycles. The maximum atomic E-state index is 11.8. The van der Waals surface area contributed by atoms with Crippen molar-refractivity contribution in [2.24, 2.45) is 11.8 Å². The van der Waals surface area contributed by atoms with Crippen LogP contribution in [0.4, 0.5) is 0 Å². The number of hydrogen-bond donors (Lipinski definition) is 1. The Hall–Kier alpha value is -1.49. The van der Waals surface area contributed by atoms with Crippen molar-refractivity contribution >= 4 is 5.91 Å². The zero-order valence-corrected chi connectivity index (χ0v) is 11.7. The van der Waals surface area contributed by atoms with E-state index < -0.39 is 0 Å². The molecule has 2 rings (SSSR count). The van der Waals surface area contributed by atoms with Gasteiger partial charge in [-0.05, 0) is 18.3 Å². The summed E-state index contributed by atoms with van der Waals surface area (Å²) in [6.45, 7) is 8.41. The maximum absolute atomic E-state index is 11.8. The molecule has 0 radical (unpaired) electrons. The van der Waals surface area contributed by atoms with Gasteiger partial charge in [0.1, 0.15) is 5.69 Å². The molecule has 5 heteroatoms.